The third-order valence-corrected chi connectivity index (χ3v) is 5.30. The fraction of sp³-hybridized carbons (Fsp3) is 0.300. The van der Waals surface area contributed by atoms with Gasteiger partial charge in [-0.2, -0.15) is 5.10 Å². The summed E-state index contributed by atoms with van der Waals surface area (Å²) >= 11 is 0. The molecule has 0 aliphatic carbocycles. The van der Waals surface area contributed by atoms with Gasteiger partial charge in [-0.3, -0.25) is 4.79 Å². The lowest BCUT2D eigenvalue weighted by Crippen LogP contribution is -2.41. The fourth-order valence-corrected chi connectivity index (χ4v) is 3.75. The molecule has 2 heterocycles. The molecule has 26 heavy (non-hydrogen) atoms. The summed E-state index contributed by atoms with van der Waals surface area (Å²) in [6.07, 6.45) is 4.11. The maximum Gasteiger partial charge on any atom is 0.253 e. The average Bonchev–Trinajstić information content (AvgIpc) is 3.06. The minimum atomic E-state index is -0.813. The van der Waals surface area contributed by atoms with Crippen molar-refractivity contribution in [3.8, 4) is 5.69 Å². The molecule has 5 nitrogen and oxygen atoms in total. The number of hydrogen-bond donors (Lipinski definition) is 2. The number of primary amides is 1. The van der Waals surface area contributed by atoms with Crippen molar-refractivity contribution in [1.29, 1.82) is 0 Å². The van der Waals surface area contributed by atoms with Crippen LogP contribution in [0.4, 0.5) is 4.39 Å². The molecule has 1 aliphatic rings. The Balaban J connectivity index is 1.72. The molecule has 134 valence electrons. The van der Waals surface area contributed by atoms with E-state index in [2.05, 4.69) is 29.5 Å². The molecule has 0 radical (unpaired) electrons. The number of nitrogens with two attached hydrogens (primary N) is 1. The number of halogens is 1. The van der Waals surface area contributed by atoms with E-state index in [-0.39, 0.29) is 16.5 Å². The lowest BCUT2D eigenvalue weighted by atomic mass is 9.76. The summed E-state index contributed by atoms with van der Waals surface area (Å²) in [4.78, 5) is 11.6. The van der Waals surface area contributed by atoms with E-state index >= 15 is 0 Å². The van der Waals surface area contributed by atoms with Gasteiger partial charge in [0.25, 0.3) is 5.91 Å². The molecule has 1 amide bonds. The van der Waals surface area contributed by atoms with Gasteiger partial charge in [-0.15, -0.1) is 0 Å². The number of carbonyl (C=O) groups is 1. The number of piperidine rings is 1. The second-order valence-electron chi connectivity index (χ2n) is 7.19. The van der Waals surface area contributed by atoms with Gasteiger partial charge in [0.2, 0.25) is 0 Å². The van der Waals surface area contributed by atoms with Gasteiger partial charge in [0.15, 0.2) is 0 Å². The van der Waals surface area contributed by atoms with E-state index in [1.807, 2.05) is 12.1 Å². The van der Waals surface area contributed by atoms with Crippen LogP contribution in [-0.4, -0.2) is 28.8 Å². The van der Waals surface area contributed by atoms with E-state index in [1.54, 1.807) is 16.9 Å². The molecule has 3 N–H and O–H groups in total. The van der Waals surface area contributed by atoms with Gasteiger partial charge in [-0.05, 0) is 49.2 Å². The summed E-state index contributed by atoms with van der Waals surface area (Å²) in [5.41, 5.74) is 7.70. The molecule has 1 aliphatic heterocycles. The highest BCUT2D eigenvalue weighted by atomic mass is 19.1. The first-order chi connectivity index (χ1) is 12.5. The lowest BCUT2D eigenvalue weighted by molar-refractivity contribution is 0.0998. The molecule has 2 aromatic carbocycles. The highest BCUT2D eigenvalue weighted by Crippen LogP contribution is 2.31. The molecule has 3 aromatic rings. The summed E-state index contributed by atoms with van der Waals surface area (Å²) in [5, 5.41) is 8.52. The molecule has 6 heteroatoms. The molecular formula is C20H21FN4O. The van der Waals surface area contributed by atoms with Crippen molar-refractivity contribution in [2.75, 3.05) is 13.1 Å². The van der Waals surface area contributed by atoms with Crippen molar-refractivity contribution in [1.82, 2.24) is 15.1 Å². The number of benzene rings is 2. The average molecular weight is 352 g/mol. The molecule has 1 fully saturated rings. The van der Waals surface area contributed by atoms with Crippen LogP contribution in [0.1, 0.15) is 35.7 Å². The molecular weight excluding hydrogens is 331 g/mol. The van der Waals surface area contributed by atoms with E-state index in [9.17, 15) is 9.18 Å². The second kappa shape index (κ2) is 6.21. The Morgan fingerprint density at radius 2 is 2.04 bits per heavy atom. The van der Waals surface area contributed by atoms with Crippen LogP contribution in [0, 0.1) is 5.82 Å². The van der Waals surface area contributed by atoms with Crippen LogP contribution in [0.5, 0.6) is 0 Å². The Kier molecular flexibility index (Phi) is 4.00. The van der Waals surface area contributed by atoms with Gasteiger partial charge in [0.05, 0.1) is 5.69 Å². The number of hydrogen-bond acceptors (Lipinski definition) is 3. The van der Waals surface area contributed by atoms with Crippen molar-refractivity contribution in [2.24, 2.45) is 5.73 Å². The summed E-state index contributed by atoms with van der Waals surface area (Å²) in [6, 6.07) is 11.1. The number of aromatic nitrogens is 2. The van der Waals surface area contributed by atoms with Gasteiger partial charge in [0, 0.05) is 23.5 Å². The van der Waals surface area contributed by atoms with Gasteiger partial charge in [0.1, 0.15) is 16.9 Å². The molecule has 1 aromatic heterocycles. The molecule has 0 spiro atoms. The topological polar surface area (TPSA) is 72.9 Å². The molecule has 0 unspecified atom stereocenters. The molecule has 1 saturated heterocycles. The predicted molar refractivity (Wildman–Crippen MR) is 99.0 cm³/mol. The van der Waals surface area contributed by atoms with Crippen LogP contribution in [-0.2, 0) is 5.41 Å². The smallest absolute Gasteiger partial charge is 0.253 e. The summed E-state index contributed by atoms with van der Waals surface area (Å²) in [7, 11) is 0. The molecule has 0 saturated carbocycles. The SMILES string of the molecule is C[C@@]1(c2ccc(-n3cc4ccc(F)c(C(N)=O)c4n3)cc2)CCCNC1. The van der Waals surface area contributed by atoms with Crippen LogP contribution < -0.4 is 11.1 Å². The standard InChI is InChI=1S/C20H21FN4O/c1-20(9-2-10-23-12-20)14-4-6-15(7-5-14)25-11-13-3-8-16(21)17(19(22)26)18(13)24-25/h3-8,11,23H,2,9-10,12H2,1H3,(H2,22,26)/t20-/m1/s1. The van der Waals surface area contributed by atoms with Crippen LogP contribution in [0.3, 0.4) is 0 Å². The Morgan fingerprint density at radius 1 is 1.27 bits per heavy atom. The number of fused-ring (bicyclic) bond motifs is 1. The summed E-state index contributed by atoms with van der Waals surface area (Å²) in [5.74, 6) is -1.46. The Morgan fingerprint density at radius 3 is 2.69 bits per heavy atom. The quantitative estimate of drug-likeness (QED) is 0.761. The molecule has 0 bridgehead atoms. The predicted octanol–water partition coefficient (Wildman–Crippen LogP) is 2.90. The normalized spacial score (nSPS) is 20.4. The van der Waals surface area contributed by atoms with E-state index in [4.69, 9.17) is 5.73 Å². The highest BCUT2D eigenvalue weighted by Gasteiger charge is 2.28. The van der Waals surface area contributed by atoms with Gasteiger partial charge >= 0.3 is 0 Å². The zero-order valence-corrected chi connectivity index (χ0v) is 14.6. The van der Waals surface area contributed by atoms with Crippen LogP contribution in [0.25, 0.3) is 16.6 Å². The van der Waals surface area contributed by atoms with E-state index in [1.165, 1.54) is 18.1 Å². The minimum absolute atomic E-state index is 0.133. The number of carbonyl (C=O) groups excluding carboxylic acids is 1. The monoisotopic (exact) mass is 352 g/mol. The Hall–Kier alpha value is -2.73. The van der Waals surface area contributed by atoms with E-state index in [0.717, 1.165) is 25.2 Å². The van der Waals surface area contributed by atoms with Gasteiger partial charge in [-0.25, -0.2) is 9.07 Å². The van der Waals surface area contributed by atoms with E-state index in [0.29, 0.717) is 5.39 Å². The zero-order chi connectivity index (χ0) is 18.3. The summed E-state index contributed by atoms with van der Waals surface area (Å²) < 4.78 is 15.6. The van der Waals surface area contributed by atoms with Crippen molar-refractivity contribution in [3.05, 3.63) is 59.5 Å². The number of nitrogens with one attached hydrogen (secondary N) is 1. The first-order valence-corrected chi connectivity index (χ1v) is 8.77. The van der Waals surface area contributed by atoms with E-state index < -0.39 is 11.7 Å². The Labute approximate surface area is 151 Å². The first-order valence-electron chi connectivity index (χ1n) is 8.77. The molecule has 4 rings (SSSR count). The van der Waals surface area contributed by atoms with Crippen LogP contribution >= 0.6 is 0 Å². The number of nitrogens with zero attached hydrogens (tertiary/aromatic N) is 2. The van der Waals surface area contributed by atoms with Crippen LogP contribution in [0.2, 0.25) is 0 Å². The third-order valence-electron chi connectivity index (χ3n) is 5.30. The zero-order valence-electron chi connectivity index (χ0n) is 14.6. The van der Waals surface area contributed by atoms with Crippen molar-refractivity contribution in [3.63, 3.8) is 0 Å². The fourth-order valence-electron chi connectivity index (χ4n) is 3.75. The number of rotatable bonds is 3. The third kappa shape index (κ3) is 2.76. The van der Waals surface area contributed by atoms with Crippen LogP contribution in [0.15, 0.2) is 42.6 Å². The van der Waals surface area contributed by atoms with Crippen molar-refractivity contribution >= 4 is 16.8 Å². The van der Waals surface area contributed by atoms with Gasteiger partial charge in [-0.1, -0.05) is 19.1 Å². The summed E-state index contributed by atoms with van der Waals surface area (Å²) in [6.45, 7) is 4.32. The van der Waals surface area contributed by atoms with Gasteiger partial charge < -0.3 is 11.1 Å². The van der Waals surface area contributed by atoms with Crippen molar-refractivity contribution in [2.45, 2.75) is 25.2 Å². The highest BCUT2D eigenvalue weighted by molar-refractivity contribution is 6.04. The Bertz CT molecular complexity index is 971. The largest absolute Gasteiger partial charge is 0.365 e. The maximum atomic E-state index is 13.9. The first kappa shape index (κ1) is 16.7. The lowest BCUT2D eigenvalue weighted by Gasteiger charge is -2.34. The minimum Gasteiger partial charge on any atom is -0.365 e. The van der Waals surface area contributed by atoms with Crippen molar-refractivity contribution < 1.29 is 9.18 Å². The molecule has 1 atom stereocenters. The second-order valence-corrected chi connectivity index (χ2v) is 7.19. The maximum absolute atomic E-state index is 13.9. The number of amides is 1.